The SMILES string of the molecule is C=CC(C(=O)C(CCCCCC)[Si](C)(C)C(C)(C)C)c1ccccc1. The minimum Gasteiger partial charge on any atom is -0.299 e. The summed E-state index contributed by atoms with van der Waals surface area (Å²) >= 11 is 0. The number of ketones is 1. The fraction of sp³-hybridized carbons (Fsp3) is 0.609. The van der Waals surface area contributed by atoms with Gasteiger partial charge < -0.3 is 0 Å². The number of allylic oxidation sites excluding steroid dienone is 1. The quantitative estimate of drug-likeness (QED) is 0.242. The summed E-state index contributed by atoms with van der Waals surface area (Å²) in [4.78, 5) is 13.6. The first-order chi connectivity index (χ1) is 11.7. The molecular formula is C23H38OSi. The van der Waals surface area contributed by atoms with E-state index in [1.807, 2.05) is 24.3 Å². The van der Waals surface area contributed by atoms with E-state index in [-0.39, 0.29) is 16.5 Å². The average molecular weight is 359 g/mol. The van der Waals surface area contributed by atoms with Crippen molar-refractivity contribution in [3.63, 3.8) is 0 Å². The molecule has 140 valence electrons. The molecule has 0 aliphatic rings. The van der Waals surface area contributed by atoms with Crippen molar-refractivity contribution in [2.75, 3.05) is 0 Å². The zero-order valence-corrected chi connectivity index (χ0v) is 18.3. The summed E-state index contributed by atoms with van der Waals surface area (Å²) < 4.78 is 0. The fourth-order valence-electron chi connectivity index (χ4n) is 3.45. The lowest BCUT2D eigenvalue weighted by Crippen LogP contribution is -2.46. The summed E-state index contributed by atoms with van der Waals surface area (Å²) in [7, 11) is -1.77. The van der Waals surface area contributed by atoms with E-state index in [0.717, 1.165) is 18.4 Å². The van der Waals surface area contributed by atoms with Gasteiger partial charge in [-0.15, -0.1) is 6.58 Å². The summed E-state index contributed by atoms with van der Waals surface area (Å²) in [6, 6.07) is 10.2. The standard InChI is InChI=1S/C23H38OSi/c1-8-10-11-15-18-21(25(6,7)23(3,4)5)22(24)20(9-2)19-16-13-12-14-17-19/h9,12-14,16-17,20-21H,2,8,10-11,15,18H2,1,3-7H3. The van der Waals surface area contributed by atoms with Crippen molar-refractivity contribution < 1.29 is 4.79 Å². The van der Waals surface area contributed by atoms with Gasteiger partial charge in [-0.25, -0.2) is 0 Å². The summed E-state index contributed by atoms with van der Waals surface area (Å²) in [5, 5.41) is 0.209. The number of Topliss-reactive ketones (excluding diaryl/α,β-unsaturated/α-hetero) is 1. The Balaban J connectivity index is 3.12. The minimum absolute atomic E-state index is 0.175. The first kappa shape index (κ1) is 21.9. The summed E-state index contributed by atoms with van der Waals surface area (Å²) in [6.07, 6.45) is 7.78. The van der Waals surface area contributed by atoms with Gasteiger partial charge in [-0.05, 0) is 17.0 Å². The first-order valence-electron chi connectivity index (χ1n) is 9.88. The van der Waals surface area contributed by atoms with E-state index in [0.29, 0.717) is 5.78 Å². The normalized spacial score (nSPS) is 14.8. The largest absolute Gasteiger partial charge is 0.299 e. The molecule has 0 N–H and O–H groups in total. The van der Waals surface area contributed by atoms with Crippen molar-refractivity contribution in [3.8, 4) is 0 Å². The number of carbonyl (C=O) groups is 1. The molecule has 0 radical (unpaired) electrons. The second kappa shape index (κ2) is 9.52. The molecule has 0 aromatic heterocycles. The highest BCUT2D eigenvalue weighted by atomic mass is 28.3. The molecule has 2 heteroatoms. The Hall–Kier alpha value is -1.15. The van der Waals surface area contributed by atoms with Crippen LogP contribution < -0.4 is 0 Å². The van der Waals surface area contributed by atoms with Gasteiger partial charge in [0.2, 0.25) is 0 Å². The van der Waals surface area contributed by atoms with Gasteiger partial charge in [0.05, 0.1) is 14.0 Å². The van der Waals surface area contributed by atoms with Gasteiger partial charge in [0.1, 0.15) is 5.78 Å². The van der Waals surface area contributed by atoms with Crippen LogP contribution in [0.2, 0.25) is 23.7 Å². The maximum atomic E-state index is 13.6. The van der Waals surface area contributed by atoms with Crippen LogP contribution in [0.25, 0.3) is 0 Å². The number of benzene rings is 1. The Bertz CT molecular complexity index is 539. The predicted octanol–water partition coefficient (Wildman–Crippen LogP) is 7.37. The molecule has 1 rings (SSSR count). The third-order valence-electron chi connectivity index (χ3n) is 6.19. The van der Waals surface area contributed by atoms with E-state index in [1.54, 1.807) is 0 Å². The summed E-state index contributed by atoms with van der Waals surface area (Å²) in [5.41, 5.74) is 1.27. The lowest BCUT2D eigenvalue weighted by molar-refractivity contribution is -0.119. The molecule has 0 fully saturated rings. The van der Waals surface area contributed by atoms with Crippen molar-refractivity contribution >= 4 is 13.9 Å². The average Bonchev–Trinajstić information content (AvgIpc) is 2.55. The molecule has 0 aliphatic carbocycles. The highest BCUT2D eigenvalue weighted by molar-refractivity contribution is 6.84. The van der Waals surface area contributed by atoms with E-state index in [2.05, 4.69) is 59.5 Å². The molecule has 2 atom stereocenters. The third kappa shape index (κ3) is 5.67. The molecule has 1 aromatic carbocycles. The van der Waals surface area contributed by atoms with Crippen LogP contribution in [0.4, 0.5) is 0 Å². The zero-order valence-electron chi connectivity index (χ0n) is 17.3. The van der Waals surface area contributed by atoms with Gasteiger partial charge >= 0.3 is 0 Å². The lowest BCUT2D eigenvalue weighted by atomic mass is 9.91. The summed E-state index contributed by atoms with van der Waals surface area (Å²) in [5.74, 6) is 0.218. The monoisotopic (exact) mass is 358 g/mol. The first-order valence-corrected chi connectivity index (χ1v) is 13.0. The number of unbranched alkanes of at least 4 members (excludes halogenated alkanes) is 3. The maximum Gasteiger partial charge on any atom is 0.144 e. The van der Waals surface area contributed by atoms with E-state index >= 15 is 0 Å². The van der Waals surface area contributed by atoms with Crippen molar-refractivity contribution in [2.45, 2.75) is 89.4 Å². The molecule has 1 nitrogen and oxygen atoms in total. The van der Waals surface area contributed by atoms with Crippen LogP contribution in [-0.2, 0) is 4.79 Å². The Morgan fingerprint density at radius 1 is 1.12 bits per heavy atom. The van der Waals surface area contributed by atoms with E-state index in [4.69, 9.17) is 0 Å². The highest BCUT2D eigenvalue weighted by Gasteiger charge is 2.46. The molecule has 1 aromatic rings. The van der Waals surface area contributed by atoms with Crippen molar-refractivity contribution in [1.82, 2.24) is 0 Å². The smallest absolute Gasteiger partial charge is 0.144 e. The molecule has 0 bridgehead atoms. The Kier molecular flexibility index (Phi) is 8.33. The van der Waals surface area contributed by atoms with Crippen LogP contribution in [0.1, 0.15) is 71.3 Å². The fourth-order valence-corrected chi connectivity index (χ4v) is 6.31. The van der Waals surface area contributed by atoms with Crippen LogP contribution in [0.15, 0.2) is 43.0 Å². The van der Waals surface area contributed by atoms with E-state index in [9.17, 15) is 4.79 Å². The Labute approximate surface area is 156 Å². The van der Waals surface area contributed by atoms with Gasteiger partial charge in [-0.3, -0.25) is 4.79 Å². The van der Waals surface area contributed by atoms with Crippen molar-refractivity contribution in [1.29, 1.82) is 0 Å². The Morgan fingerprint density at radius 2 is 1.72 bits per heavy atom. The number of hydrogen-bond acceptors (Lipinski definition) is 1. The van der Waals surface area contributed by atoms with Crippen molar-refractivity contribution in [3.05, 3.63) is 48.6 Å². The van der Waals surface area contributed by atoms with Gasteiger partial charge in [-0.2, -0.15) is 0 Å². The van der Waals surface area contributed by atoms with E-state index < -0.39 is 8.07 Å². The molecule has 0 saturated carbocycles. The molecule has 0 saturated heterocycles. The van der Waals surface area contributed by atoms with Crippen LogP contribution >= 0.6 is 0 Å². The third-order valence-corrected chi connectivity index (χ3v) is 12.4. The number of rotatable bonds is 10. The van der Waals surface area contributed by atoms with Crippen molar-refractivity contribution in [2.24, 2.45) is 0 Å². The molecule has 0 amide bonds. The lowest BCUT2D eigenvalue weighted by Gasteiger charge is -2.43. The second-order valence-electron chi connectivity index (χ2n) is 8.90. The predicted molar refractivity (Wildman–Crippen MR) is 114 cm³/mol. The summed E-state index contributed by atoms with van der Waals surface area (Å²) in [6.45, 7) is 18.0. The van der Waals surface area contributed by atoms with Crippen LogP contribution in [-0.4, -0.2) is 13.9 Å². The van der Waals surface area contributed by atoms with Gasteiger partial charge in [0, 0.05) is 5.54 Å². The number of carbonyl (C=O) groups excluding carboxylic acids is 1. The van der Waals surface area contributed by atoms with Gasteiger partial charge in [-0.1, -0.05) is 103 Å². The molecule has 0 spiro atoms. The minimum atomic E-state index is -1.77. The Morgan fingerprint density at radius 3 is 2.20 bits per heavy atom. The molecule has 25 heavy (non-hydrogen) atoms. The van der Waals surface area contributed by atoms with Gasteiger partial charge in [0.25, 0.3) is 0 Å². The molecule has 0 heterocycles. The molecule has 0 aliphatic heterocycles. The maximum absolute atomic E-state index is 13.6. The van der Waals surface area contributed by atoms with Crippen LogP contribution in [0.5, 0.6) is 0 Å². The molecule has 2 unspecified atom stereocenters. The second-order valence-corrected chi connectivity index (χ2v) is 14.5. The zero-order chi connectivity index (χ0) is 19.1. The highest BCUT2D eigenvalue weighted by Crippen LogP contribution is 2.47. The molecular weight excluding hydrogens is 320 g/mol. The van der Waals surface area contributed by atoms with Crippen LogP contribution in [0, 0.1) is 0 Å². The van der Waals surface area contributed by atoms with E-state index in [1.165, 1.54) is 19.3 Å². The topological polar surface area (TPSA) is 17.1 Å². The van der Waals surface area contributed by atoms with Crippen LogP contribution in [0.3, 0.4) is 0 Å². The van der Waals surface area contributed by atoms with Gasteiger partial charge in [0.15, 0.2) is 0 Å². The number of hydrogen-bond donors (Lipinski definition) is 0.